The lowest BCUT2D eigenvalue weighted by molar-refractivity contribution is -0.274. The van der Waals surface area contributed by atoms with Crippen LogP contribution in [0.5, 0.6) is 5.75 Å². The lowest BCUT2D eigenvalue weighted by Gasteiger charge is -2.14. The van der Waals surface area contributed by atoms with Crippen LogP contribution in [0.15, 0.2) is 53.7 Å². The van der Waals surface area contributed by atoms with Gasteiger partial charge in [-0.25, -0.2) is 4.99 Å². The van der Waals surface area contributed by atoms with Crippen LogP contribution in [0, 0.1) is 0 Å². The normalized spacial score (nSPS) is 12.4. The summed E-state index contributed by atoms with van der Waals surface area (Å²) in [5, 5.41) is 10.6. The van der Waals surface area contributed by atoms with Gasteiger partial charge < -0.3 is 15.8 Å². The van der Waals surface area contributed by atoms with Crippen molar-refractivity contribution in [2.75, 3.05) is 5.32 Å². The third-order valence-electron chi connectivity index (χ3n) is 3.15. The number of hydrogen-bond acceptors (Lipinski definition) is 4. The Morgan fingerprint density at radius 1 is 1.16 bits per heavy atom. The van der Waals surface area contributed by atoms with E-state index in [2.05, 4.69) is 25.2 Å². The summed E-state index contributed by atoms with van der Waals surface area (Å²) in [6.45, 7) is 0.103. The molecule has 0 aliphatic heterocycles. The number of aliphatic imine (C=N–C) groups is 1. The van der Waals surface area contributed by atoms with Crippen LogP contribution in [0.1, 0.15) is 5.82 Å². The van der Waals surface area contributed by atoms with Crippen LogP contribution in [0.4, 0.5) is 18.9 Å². The number of alkyl halides is 3. The van der Waals surface area contributed by atoms with E-state index in [9.17, 15) is 13.2 Å². The Hall–Kier alpha value is -3.30. The van der Waals surface area contributed by atoms with Crippen molar-refractivity contribution in [3.8, 4) is 5.75 Å². The molecule has 0 spiro atoms. The predicted octanol–water partition coefficient (Wildman–Crippen LogP) is 2.55. The molecule has 0 aliphatic carbocycles. The number of anilines is 1. The van der Waals surface area contributed by atoms with Gasteiger partial charge in [0.05, 0.1) is 5.69 Å². The molecule has 130 valence electrons. The van der Waals surface area contributed by atoms with Gasteiger partial charge in [-0.05, 0) is 24.3 Å². The van der Waals surface area contributed by atoms with E-state index < -0.39 is 12.1 Å². The van der Waals surface area contributed by atoms with Crippen molar-refractivity contribution in [1.29, 1.82) is 0 Å². The van der Waals surface area contributed by atoms with Gasteiger partial charge >= 0.3 is 6.36 Å². The van der Waals surface area contributed by atoms with E-state index in [1.54, 1.807) is 22.7 Å². The van der Waals surface area contributed by atoms with Gasteiger partial charge in [0.25, 0.3) is 0 Å². The summed E-state index contributed by atoms with van der Waals surface area (Å²) in [6.07, 6.45) is -3.03. The molecule has 0 aliphatic rings. The third-order valence-corrected chi connectivity index (χ3v) is 3.15. The topological polar surface area (TPSA) is 89.8 Å². The van der Waals surface area contributed by atoms with Crippen molar-refractivity contribution in [2.24, 2.45) is 10.7 Å². The largest absolute Gasteiger partial charge is 0.573 e. The van der Waals surface area contributed by atoms with E-state index in [-0.39, 0.29) is 18.2 Å². The zero-order valence-corrected chi connectivity index (χ0v) is 12.7. The molecule has 3 rings (SSSR count). The van der Waals surface area contributed by atoms with E-state index in [1.165, 1.54) is 18.2 Å². The fraction of sp³-hybridized carbons (Fsp3) is 0.133. The number of nitrogens with one attached hydrogen (secondary N) is 1. The SMILES string of the molecule is NC(=NCc1nnc2ccccn12)Nc1ccccc1OC(F)(F)F. The molecule has 3 aromatic rings. The second kappa shape index (κ2) is 6.67. The Kier molecular flexibility index (Phi) is 4.42. The number of para-hydroxylation sites is 2. The Labute approximate surface area is 140 Å². The molecule has 0 saturated heterocycles. The molecule has 1 aromatic carbocycles. The third kappa shape index (κ3) is 4.16. The molecule has 2 heterocycles. The first-order valence-electron chi connectivity index (χ1n) is 7.13. The van der Waals surface area contributed by atoms with Gasteiger partial charge in [0.1, 0.15) is 6.54 Å². The Morgan fingerprint density at radius 2 is 1.92 bits per heavy atom. The smallest absolute Gasteiger partial charge is 0.404 e. The summed E-state index contributed by atoms with van der Waals surface area (Å²) in [7, 11) is 0. The maximum atomic E-state index is 12.4. The van der Waals surface area contributed by atoms with E-state index in [0.29, 0.717) is 11.5 Å². The highest BCUT2D eigenvalue weighted by atomic mass is 19.4. The molecule has 0 unspecified atom stereocenters. The maximum Gasteiger partial charge on any atom is 0.573 e. The van der Waals surface area contributed by atoms with Gasteiger partial charge in [0, 0.05) is 6.20 Å². The van der Waals surface area contributed by atoms with E-state index >= 15 is 0 Å². The molecule has 2 aromatic heterocycles. The number of halogens is 3. The first-order chi connectivity index (χ1) is 11.9. The lowest BCUT2D eigenvalue weighted by Crippen LogP contribution is -2.24. The molecule has 0 saturated carbocycles. The molecule has 0 amide bonds. The summed E-state index contributed by atoms with van der Waals surface area (Å²) in [6, 6.07) is 11.0. The number of rotatable bonds is 4. The summed E-state index contributed by atoms with van der Waals surface area (Å²) < 4.78 is 42.9. The summed E-state index contributed by atoms with van der Waals surface area (Å²) in [4.78, 5) is 4.07. The molecule has 10 heteroatoms. The molecule has 0 bridgehead atoms. The number of fused-ring (bicyclic) bond motifs is 1. The molecule has 0 atom stereocenters. The van der Waals surface area contributed by atoms with Crippen molar-refractivity contribution in [3.05, 3.63) is 54.5 Å². The molecular formula is C15H13F3N6O. The quantitative estimate of drug-likeness (QED) is 0.557. The number of ether oxygens (including phenoxy) is 1. The van der Waals surface area contributed by atoms with Crippen molar-refractivity contribution in [1.82, 2.24) is 14.6 Å². The molecular weight excluding hydrogens is 337 g/mol. The standard InChI is InChI=1S/C15H13F3N6O/c16-15(17,18)25-11-6-2-1-5-10(11)21-14(19)20-9-13-23-22-12-7-3-4-8-24(12)13/h1-8H,9H2,(H3,19,20,21). The molecule has 25 heavy (non-hydrogen) atoms. The zero-order chi connectivity index (χ0) is 17.9. The van der Waals surface area contributed by atoms with Crippen LogP contribution in [0.25, 0.3) is 5.65 Å². The minimum absolute atomic E-state index is 0.0483. The van der Waals surface area contributed by atoms with Crippen molar-refractivity contribution in [2.45, 2.75) is 12.9 Å². The predicted molar refractivity (Wildman–Crippen MR) is 85.1 cm³/mol. The highest BCUT2D eigenvalue weighted by Gasteiger charge is 2.32. The van der Waals surface area contributed by atoms with Crippen molar-refractivity contribution in [3.63, 3.8) is 0 Å². The highest BCUT2D eigenvalue weighted by Crippen LogP contribution is 2.29. The van der Waals surface area contributed by atoms with Gasteiger partial charge in [-0.1, -0.05) is 18.2 Å². The first kappa shape index (κ1) is 16.6. The van der Waals surface area contributed by atoms with Crippen molar-refractivity contribution >= 4 is 17.3 Å². The number of pyridine rings is 1. The van der Waals surface area contributed by atoms with Crippen LogP contribution >= 0.6 is 0 Å². The van der Waals surface area contributed by atoms with E-state index in [0.717, 1.165) is 0 Å². The lowest BCUT2D eigenvalue weighted by atomic mass is 10.3. The fourth-order valence-corrected chi connectivity index (χ4v) is 2.12. The average molecular weight is 350 g/mol. The van der Waals surface area contributed by atoms with Gasteiger partial charge in [0.15, 0.2) is 23.2 Å². The number of nitrogens with two attached hydrogens (primary N) is 1. The van der Waals surface area contributed by atoms with Crippen LogP contribution in [0.3, 0.4) is 0 Å². The number of guanidine groups is 1. The molecule has 0 fully saturated rings. The Bertz CT molecular complexity index is 905. The van der Waals surface area contributed by atoms with Crippen LogP contribution in [-0.2, 0) is 6.54 Å². The number of aromatic nitrogens is 3. The van der Waals surface area contributed by atoms with E-state index in [1.807, 2.05) is 12.1 Å². The Balaban J connectivity index is 1.74. The van der Waals surface area contributed by atoms with Gasteiger partial charge in [-0.3, -0.25) is 4.40 Å². The number of benzene rings is 1. The monoisotopic (exact) mass is 350 g/mol. The van der Waals surface area contributed by atoms with Gasteiger partial charge in [-0.2, -0.15) is 0 Å². The summed E-state index contributed by atoms with van der Waals surface area (Å²) in [5.74, 6) is 0.0622. The molecule has 3 N–H and O–H groups in total. The van der Waals surface area contributed by atoms with Crippen molar-refractivity contribution < 1.29 is 17.9 Å². The first-order valence-corrected chi connectivity index (χ1v) is 7.13. The molecule has 7 nitrogen and oxygen atoms in total. The number of hydrogen-bond donors (Lipinski definition) is 2. The minimum Gasteiger partial charge on any atom is -0.404 e. The minimum atomic E-state index is -4.80. The molecule has 0 radical (unpaired) electrons. The average Bonchev–Trinajstić information content (AvgIpc) is 2.97. The summed E-state index contributed by atoms with van der Waals surface area (Å²) in [5.41, 5.74) is 6.45. The Morgan fingerprint density at radius 3 is 2.72 bits per heavy atom. The maximum absolute atomic E-state index is 12.4. The zero-order valence-electron chi connectivity index (χ0n) is 12.7. The highest BCUT2D eigenvalue weighted by molar-refractivity contribution is 5.93. The van der Waals surface area contributed by atoms with Crippen LogP contribution in [-0.4, -0.2) is 26.9 Å². The second-order valence-electron chi connectivity index (χ2n) is 4.92. The van der Waals surface area contributed by atoms with Crippen LogP contribution in [0.2, 0.25) is 0 Å². The fourth-order valence-electron chi connectivity index (χ4n) is 2.12. The van der Waals surface area contributed by atoms with Gasteiger partial charge in [-0.15, -0.1) is 23.4 Å². The number of nitrogens with zero attached hydrogens (tertiary/aromatic N) is 4. The second-order valence-corrected chi connectivity index (χ2v) is 4.92. The summed E-state index contributed by atoms with van der Waals surface area (Å²) >= 11 is 0. The van der Waals surface area contributed by atoms with Crippen LogP contribution < -0.4 is 15.8 Å². The van der Waals surface area contributed by atoms with Gasteiger partial charge in [0.2, 0.25) is 0 Å². The van der Waals surface area contributed by atoms with E-state index in [4.69, 9.17) is 5.73 Å².